The average molecular weight is 416 g/mol. The third-order valence-electron chi connectivity index (χ3n) is 4.06. The van der Waals surface area contributed by atoms with E-state index in [4.69, 9.17) is 14.2 Å². The molecule has 0 bridgehead atoms. The number of nitro groups is 1. The minimum Gasteiger partial charge on any atom is -0.493 e. The minimum absolute atomic E-state index is 0.0760. The minimum atomic E-state index is -1.05. The van der Waals surface area contributed by atoms with E-state index in [-0.39, 0.29) is 28.5 Å². The number of methoxy groups -OCH3 is 2. The third-order valence-corrected chi connectivity index (χ3v) is 4.06. The van der Waals surface area contributed by atoms with Crippen LogP contribution in [0.3, 0.4) is 0 Å². The lowest BCUT2D eigenvalue weighted by Crippen LogP contribution is -2.16. The van der Waals surface area contributed by atoms with Gasteiger partial charge in [-0.15, -0.1) is 0 Å². The fourth-order valence-corrected chi connectivity index (χ4v) is 2.46. The van der Waals surface area contributed by atoms with E-state index < -0.39 is 29.0 Å². The van der Waals surface area contributed by atoms with Gasteiger partial charge >= 0.3 is 5.97 Å². The Morgan fingerprint density at radius 3 is 2.17 bits per heavy atom. The van der Waals surface area contributed by atoms with Crippen molar-refractivity contribution >= 4 is 29.0 Å². The molecule has 0 saturated heterocycles. The van der Waals surface area contributed by atoms with Gasteiger partial charge in [-0.25, -0.2) is 4.79 Å². The van der Waals surface area contributed by atoms with Crippen LogP contribution in [0.5, 0.6) is 11.5 Å². The first-order valence-corrected chi connectivity index (χ1v) is 8.81. The van der Waals surface area contributed by atoms with Gasteiger partial charge in [0.15, 0.2) is 23.9 Å². The Bertz CT molecular complexity index is 970. The first kappa shape index (κ1) is 22.3. The quantitative estimate of drug-likeness (QED) is 0.285. The molecular weight excluding hydrogens is 396 g/mol. The van der Waals surface area contributed by atoms with Crippen molar-refractivity contribution in [1.82, 2.24) is 0 Å². The van der Waals surface area contributed by atoms with Crippen LogP contribution in [0.15, 0.2) is 36.4 Å². The molecule has 2 aromatic carbocycles. The number of esters is 1. The molecule has 1 amide bonds. The highest BCUT2D eigenvalue weighted by molar-refractivity contribution is 6.01. The van der Waals surface area contributed by atoms with Crippen LogP contribution >= 0.6 is 0 Å². The largest absolute Gasteiger partial charge is 0.493 e. The fourth-order valence-electron chi connectivity index (χ4n) is 2.46. The molecule has 0 atom stereocenters. The van der Waals surface area contributed by atoms with Gasteiger partial charge in [0.05, 0.1) is 25.2 Å². The summed E-state index contributed by atoms with van der Waals surface area (Å²) >= 11 is 0. The predicted octanol–water partition coefficient (Wildman–Crippen LogP) is 3.00. The molecule has 1 N–H and O–H groups in total. The molecule has 0 aliphatic carbocycles. The van der Waals surface area contributed by atoms with Crippen LogP contribution in [-0.4, -0.2) is 43.4 Å². The van der Waals surface area contributed by atoms with Gasteiger partial charge in [-0.05, 0) is 24.3 Å². The number of ketones is 1. The van der Waals surface area contributed by atoms with Crippen LogP contribution < -0.4 is 14.8 Å². The number of nitrogens with zero attached hydrogens (tertiary/aromatic N) is 1. The van der Waals surface area contributed by atoms with E-state index >= 15 is 0 Å². The van der Waals surface area contributed by atoms with Crippen molar-refractivity contribution in [2.24, 2.45) is 0 Å². The Kier molecular flexibility index (Phi) is 7.45. The molecule has 0 fully saturated rings. The van der Waals surface area contributed by atoms with Crippen molar-refractivity contribution in [3.8, 4) is 11.5 Å². The van der Waals surface area contributed by atoms with Gasteiger partial charge in [0.25, 0.3) is 5.69 Å². The van der Waals surface area contributed by atoms with E-state index in [2.05, 4.69) is 5.32 Å². The monoisotopic (exact) mass is 416 g/mol. The summed E-state index contributed by atoms with van der Waals surface area (Å²) in [6, 6.07) is 8.19. The Hall–Kier alpha value is -3.95. The number of Topliss-reactive ketones (excluding diaryl/α,β-unsaturated/α-hetero) is 1. The first-order chi connectivity index (χ1) is 14.3. The Labute approximate surface area is 171 Å². The summed E-state index contributed by atoms with van der Waals surface area (Å²) < 4.78 is 15.0. The van der Waals surface area contributed by atoms with E-state index in [0.717, 1.165) is 12.1 Å². The number of carbonyl (C=O) groups excluding carboxylic acids is 3. The first-order valence-electron chi connectivity index (χ1n) is 8.81. The highest BCUT2D eigenvalue weighted by Crippen LogP contribution is 2.34. The fraction of sp³-hybridized carbons (Fsp3) is 0.250. The van der Waals surface area contributed by atoms with E-state index in [0.29, 0.717) is 12.1 Å². The van der Waals surface area contributed by atoms with Gasteiger partial charge in [-0.3, -0.25) is 19.7 Å². The van der Waals surface area contributed by atoms with Crippen LogP contribution in [0.4, 0.5) is 11.4 Å². The van der Waals surface area contributed by atoms with E-state index in [1.54, 1.807) is 19.1 Å². The number of benzene rings is 2. The number of hydrogen-bond donors (Lipinski definition) is 1. The van der Waals surface area contributed by atoms with Crippen molar-refractivity contribution in [1.29, 1.82) is 0 Å². The number of carbonyl (C=O) groups is 3. The van der Waals surface area contributed by atoms with Crippen molar-refractivity contribution in [2.45, 2.75) is 13.3 Å². The number of hydrogen-bond acceptors (Lipinski definition) is 8. The van der Waals surface area contributed by atoms with Gasteiger partial charge in [0, 0.05) is 23.7 Å². The Morgan fingerprint density at radius 1 is 1.03 bits per heavy atom. The second-order valence-corrected chi connectivity index (χ2v) is 5.96. The molecule has 0 aromatic heterocycles. The van der Waals surface area contributed by atoms with Crippen molar-refractivity contribution < 1.29 is 33.5 Å². The number of nitrogens with one attached hydrogen (secondary N) is 1. The third kappa shape index (κ3) is 5.31. The summed E-state index contributed by atoms with van der Waals surface area (Å²) in [6.07, 6.45) is 0.318. The van der Waals surface area contributed by atoms with Gasteiger partial charge in [0.2, 0.25) is 5.91 Å². The zero-order chi connectivity index (χ0) is 22.3. The summed E-state index contributed by atoms with van der Waals surface area (Å²) in [5.74, 6) is -1.56. The van der Waals surface area contributed by atoms with Gasteiger partial charge in [-0.2, -0.15) is 0 Å². The second-order valence-electron chi connectivity index (χ2n) is 5.96. The van der Waals surface area contributed by atoms with E-state index in [1.165, 1.54) is 26.4 Å². The normalized spacial score (nSPS) is 10.1. The number of ether oxygens (including phenoxy) is 3. The summed E-state index contributed by atoms with van der Waals surface area (Å²) in [5.41, 5.74) is -0.139. The molecule has 0 heterocycles. The molecule has 2 aromatic rings. The SMILES string of the molecule is CCC(=O)Nc1ccc(C(=O)COC(=O)c2cc(OC)c(OC)cc2[N+](=O)[O-])cc1. The number of nitro benzene ring substituents is 1. The predicted molar refractivity (Wildman–Crippen MR) is 106 cm³/mol. The molecule has 2 rings (SSSR count). The van der Waals surface area contributed by atoms with Crippen LogP contribution in [0.2, 0.25) is 0 Å². The van der Waals surface area contributed by atoms with Crippen molar-refractivity contribution in [3.05, 3.63) is 57.6 Å². The van der Waals surface area contributed by atoms with Crippen LogP contribution in [-0.2, 0) is 9.53 Å². The molecule has 0 saturated carbocycles. The molecule has 10 heteroatoms. The number of anilines is 1. The summed E-state index contributed by atoms with van der Waals surface area (Å²) in [7, 11) is 2.62. The molecule has 10 nitrogen and oxygen atoms in total. The summed E-state index contributed by atoms with van der Waals surface area (Å²) in [5, 5.41) is 13.9. The number of amides is 1. The second kappa shape index (κ2) is 10.0. The molecule has 30 heavy (non-hydrogen) atoms. The van der Waals surface area contributed by atoms with Gasteiger partial charge < -0.3 is 19.5 Å². The van der Waals surface area contributed by atoms with Crippen molar-refractivity contribution in [2.75, 3.05) is 26.1 Å². The summed E-state index contributed by atoms with van der Waals surface area (Å²) in [4.78, 5) is 46.5. The molecule has 0 unspecified atom stereocenters. The smallest absolute Gasteiger partial charge is 0.345 e. The number of rotatable bonds is 9. The molecule has 158 valence electrons. The van der Waals surface area contributed by atoms with Gasteiger partial charge in [0.1, 0.15) is 5.56 Å². The van der Waals surface area contributed by atoms with Crippen LogP contribution in [0, 0.1) is 10.1 Å². The maximum atomic E-state index is 12.4. The van der Waals surface area contributed by atoms with E-state index in [9.17, 15) is 24.5 Å². The Balaban J connectivity index is 2.12. The molecule has 0 spiro atoms. The zero-order valence-electron chi connectivity index (χ0n) is 16.6. The highest BCUT2D eigenvalue weighted by atomic mass is 16.6. The van der Waals surface area contributed by atoms with Gasteiger partial charge in [-0.1, -0.05) is 6.92 Å². The maximum absolute atomic E-state index is 12.4. The lowest BCUT2D eigenvalue weighted by molar-refractivity contribution is -0.385. The van der Waals surface area contributed by atoms with Crippen LogP contribution in [0.1, 0.15) is 34.1 Å². The summed E-state index contributed by atoms with van der Waals surface area (Å²) in [6.45, 7) is 1.09. The standard InChI is InChI=1S/C20H20N2O8/c1-4-19(24)21-13-7-5-12(6-8-13)16(23)11-30-20(25)14-9-17(28-2)18(29-3)10-15(14)22(26)27/h5-10H,4,11H2,1-3H3,(H,21,24). The lowest BCUT2D eigenvalue weighted by Gasteiger charge is -2.10. The molecule has 0 aliphatic heterocycles. The molecule has 0 radical (unpaired) electrons. The molecule has 0 aliphatic rings. The van der Waals surface area contributed by atoms with E-state index in [1.807, 2.05) is 0 Å². The maximum Gasteiger partial charge on any atom is 0.345 e. The average Bonchev–Trinajstić information content (AvgIpc) is 2.76. The molecular formula is C20H20N2O8. The zero-order valence-corrected chi connectivity index (χ0v) is 16.6. The Morgan fingerprint density at radius 2 is 1.63 bits per heavy atom. The van der Waals surface area contributed by atoms with Crippen molar-refractivity contribution in [3.63, 3.8) is 0 Å². The topological polar surface area (TPSA) is 134 Å². The lowest BCUT2D eigenvalue weighted by atomic mass is 10.1. The van der Waals surface area contributed by atoms with Crippen LogP contribution in [0.25, 0.3) is 0 Å². The highest BCUT2D eigenvalue weighted by Gasteiger charge is 2.26.